The van der Waals surface area contributed by atoms with Gasteiger partial charge in [-0.3, -0.25) is 0 Å². The average Bonchev–Trinajstić information content (AvgIpc) is 1.89. The van der Waals surface area contributed by atoms with Crippen molar-refractivity contribution in [1.82, 2.24) is 0 Å². The maximum absolute atomic E-state index is 2.18. The summed E-state index contributed by atoms with van der Waals surface area (Å²) in [6.45, 7) is 4.11. The molecule has 0 atom stereocenters. The van der Waals surface area contributed by atoms with Crippen molar-refractivity contribution < 1.29 is 14.4 Å². The summed E-state index contributed by atoms with van der Waals surface area (Å²) in [4.78, 5) is 0. The average molecular weight is 169 g/mol. The Morgan fingerprint density at radius 2 is 1.44 bits per heavy atom. The van der Waals surface area contributed by atoms with Crippen molar-refractivity contribution in [3.63, 3.8) is 0 Å². The van der Waals surface area contributed by atoms with Crippen molar-refractivity contribution in [1.29, 1.82) is 0 Å². The van der Waals surface area contributed by atoms with Gasteiger partial charge in [0.1, 0.15) is 0 Å². The third kappa shape index (κ3) is 7.97. The van der Waals surface area contributed by atoms with Gasteiger partial charge >= 0.3 is 63.4 Å². The van der Waals surface area contributed by atoms with Crippen molar-refractivity contribution in [3.05, 3.63) is 24.3 Å². The van der Waals surface area contributed by atoms with E-state index in [-0.39, 0.29) is 0 Å². The Kier molecular flexibility index (Phi) is 7.95. The van der Waals surface area contributed by atoms with Crippen LogP contribution >= 0.6 is 0 Å². The fraction of sp³-hybridized carbons (Fsp3) is 0.500. The van der Waals surface area contributed by atoms with Crippen LogP contribution in [0.3, 0.4) is 0 Å². The van der Waals surface area contributed by atoms with Gasteiger partial charge in [0.15, 0.2) is 0 Å². The molecule has 0 aliphatic rings. The molecular formula is C8H14Ni. The van der Waals surface area contributed by atoms with Gasteiger partial charge in [0.2, 0.25) is 0 Å². The molecule has 0 aromatic rings. The van der Waals surface area contributed by atoms with E-state index in [2.05, 4.69) is 38.2 Å². The first-order valence-electron chi connectivity index (χ1n) is 3.09. The molecule has 56 valence electrons. The topological polar surface area (TPSA) is 0 Å². The molecule has 0 spiro atoms. The molecule has 0 N–H and O–H groups in total. The van der Waals surface area contributed by atoms with E-state index in [0.717, 1.165) is 10.8 Å². The van der Waals surface area contributed by atoms with Crippen LogP contribution in [0.25, 0.3) is 0 Å². The normalized spacial score (nSPS) is 12.2. The first-order chi connectivity index (χ1) is 4.41. The van der Waals surface area contributed by atoms with Gasteiger partial charge in [-0.2, -0.15) is 0 Å². The van der Waals surface area contributed by atoms with Crippen LogP contribution < -0.4 is 0 Å². The molecule has 0 fully saturated rings. The van der Waals surface area contributed by atoms with Gasteiger partial charge < -0.3 is 0 Å². The molecule has 0 amide bonds. The van der Waals surface area contributed by atoms with E-state index in [1.54, 1.807) is 14.4 Å². The van der Waals surface area contributed by atoms with E-state index in [4.69, 9.17) is 0 Å². The van der Waals surface area contributed by atoms with Crippen LogP contribution in [0.15, 0.2) is 24.3 Å². The summed E-state index contributed by atoms with van der Waals surface area (Å²) in [5.74, 6) is 0. The molecule has 0 heterocycles. The predicted molar refractivity (Wildman–Crippen MR) is 39.2 cm³/mol. The Bertz CT molecular complexity index is 80.7. The van der Waals surface area contributed by atoms with Crippen LogP contribution in [0.2, 0.25) is 10.8 Å². The van der Waals surface area contributed by atoms with Crippen LogP contribution in [-0.2, 0) is 14.4 Å². The maximum atomic E-state index is 2.18. The number of rotatable bonds is 4. The molecule has 0 bridgehead atoms. The van der Waals surface area contributed by atoms with Crippen molar-refractivity contribution in [2.75, 3.05) is 0 Å². The fourth-order valence-electron chi connectivity index (χ4n) is 0.307. The van der Waals surface area contributed by atoms with Crippen molar-refractivity contribution in [2.45, 2.75) is 24.6 Å². The Morgan fingerprint density at radius 3 is 1.78 bits per heavy atom. The first kappa shape index (κ1) is 8.97. The molecule has 9 heavy (non-hydrogen) atoms. The second-order valence-corrected chi connectivity index (χ2v) is 2.85. The number of hydrogen-bond acceptors (Lipinski definition) is 0. The zero-order valence-electron chi connectivity index (χ0n) is 6.04. The zero-order chi connectivity index (χ0) is 6.95. The minimum absolute atomic E-state index is 1.16. The van der Waals surface area contributed by atoms with E-state index in [1.807, 2.05) is 0 Å². The third-order valence-corrected chi connectivity index (χ3v) is 1.84. The van der Waals surface area contributed by atoms with Gasteiger partial charge in [0.25, 0.3) is 0 Å². The standard InChI is InChI=1S/2C4H7.Ni/c2*1-3-4-2;/h2*3-4H,1H2,2H3;/b2*4-3+;. The van der Waals surface area contributed by atoms with Crippen molar-refractivity contribution in [2.24, 2.45) is 0 Å². The molecule has 0 nitrogen and oxygen atoms in total. The summed E-state index contributed by atoms with van der Waals surface area (Å²) in [5, 5.41) is 2.32. The number of hydrogen-bond donors (Lipinski definition) is 0. The number of allylic oxidation sites excluding steroid dienone is 4. The van der Waals surface area contributed by atoms with Gasteiger partial charge in [-0.1, -0.05) is 0 Å². The summed E-state index contributed by atoms with van der Waals surface area (Å²) < 4.78 is 0. The van der Waals surface area contributed by atoms with E-state index in [0.29, 0.717) is 0 Å². The van der Waals surface area contributed by atoms with E-state index in [9.17, 15) is 0 Å². The van der Waals surface area contributed by atoms with E-state index in [1.165, 1.54) is 0 Å². The monoisotopic (exact) mass is 168 g/mol. The minimum atomic E-state index is 1.16. The molecule has 0 aromatic heterocycles. The third-order valence-electron chi connectivity index (χ3n) is 0.803. The van der Waals surface area contributed by atoms with Crippen LogP contribution in [0.4, 0.5) is 0 Å². The van der Waals surface area contributed by atoms with Crippen molar-refractivity contribution >= 4 is 0 Å². The predicted octanol–water partition coefficient (Wildman–Crippen LogP) is 3.06. The summed E-state index contributed by atoms with van der Waals surface area (Å²) in [5.41, 5.74) is 0. The van der Waals surface area contributed by atoms with Gasteiger partial charge in [0.05, 0.1) is 0 Å². The summed E-state index contributed by atoms with van der Waals surface area (Å²) in [6, 6.07) is 0. The molecule has 1 heteroatoms. The molecule has 0 rings (SSSR count). The van der Waals surface area contributed by atoms with Gasteiger partial charge in [0, 0.05) is 0 Å². The Hall–Kier alpha value is -0.0265. The zero-order valence-corrected chi connectivity index (χ0v) is 7.03. The molecule has 0 aromatic carbocycles. The molecule has 0 unspecified atom stereocenters. The van der Waals surface area contributed by atoms with Crippen LogP contribution in [0, 0.1) is 0 Å². The van der Waals surface area contributed by atoms with Crippen molar-refractivity contribution in [3.8, 4) is 0 Å². The fourth-order valence-corrected chi connectivity index (χ4v) is 1.27. The van der Waals surface area contributed by atoms with Gasteiger partial charge in [-0.15, -0.1) is 0 Å². The summed E-state index contributed by atoms with van der Waals surface area (Å²) in [6.07, 6.45) is 8.55. The van der Waals surface area contributed by atoms with Crippen LogP contribution in [-0.4, -0.2) is 0 Å². The molecule has 0 aliphatic carbocycles. The molecule has 0 radical (unpaired) electrons. The quantitative estimate of drug-likeness (QED) is 0.344. The Labute approximate surface area is 63.8 Å². The van der Waals surface area contributed by atoms with Crippen LogP contribution in [0.1, 0.15) is 13.8 Å². The summed E-state index contributed by atoms with van der Waals surface area (Å²) >= 11 is 1.77. The Morgan fingerprint density at radius 1 is 1.00 bits per heavy atom. The first-order valence-corrected chi connectivity index (χ1v) is 4.48. The second kappa shape index (κ2) is 7.97. The Balaban J connectivity index is 2.91. The van der Waals surface area contributed by atoms with Gasteiger partial charge in [-0.25, -0.2) is 0 Å². The van der Waals surface area contributed by atoms with Crippen LogP contribution in [0.5, 0.6) is 0 Å². The molecule has 0 saturated carbocycles. The molecular weight excluding hydrogens is 155 g/mol. The van der Waals surface area contributed by atoms with E-state index < -0.39 is 0 Å². The second-order valence-electron chi connectivity index (χ2n) is 1.55. The molecule has 0 saturated heterocycles. The SMILES string of the molecule is C/C=C/[CH2][Ni][CH2]/C=C/C. The van der Waals surface area contributed by atoms with E-state index >= 15 is 0 Å². The molecule has 0 aliphatic heterocycles. The summed E-state index contributed by atoms with van der Waals surface area (Å²) in [7, 11) is 0. The van der Waals surface area contributed by atoms with Gasteiger partial charge in [-0.05, 0) is 0 Å².